The molecule has 0 fully saturated rings. The van der Waals surface area contributed by atoms with Crippen molar-refractivity contribution in [1.82, 2.24) is 4.98 Å². The summed E-state index contributed by atoms with van der Waals surface area (Å²) in [5.41, 5.74) is 7.77. The first-order chi connectivity index (χ1) is 9.11. The van der Waals surface area contributed by atoms with Crippen LogP contribution in [-0.4, -0.2) is 19.1 Å². The number of aromatic nitrogens is 1. The first kappa shape index (κ1) is 13.2. The second kappa shape index (κ2) is 5.61. The molecule has 1 unspecified atom stereocenters. The van der Waals surface area contributed by atoms with Crippen LogP contribution in [0.25, 0.3) is 0 Å². The molecule has 19 heavy (non-hydrogen) atoms. The van der Waals surface area contributed by atoms with Crippen molar-refractivity contribution < 1.29 is 4.74 Å². The van der Waals surface area contributed by atoms with Crippen LogP contribution >= 0.6 is 0 Å². The van der Waals surface area contributed by atoms with Gasteiger partial charge < -0.3 is 15.4 Å². The molecule has 4 nitrogen and oxygen atoms in total. The molecule has 2 rings (SSSR count). The van der Waals surface area contributed by atoms with Crippen molar-refractivity contribution in [2.75, 3.05) is 24.8 Å². The molecule has 0 saturated carbocycles. The lowest BCUT2D eigenvalue weighted by molar-refractivity contribution is 0.413. The number of nitrogens with zero attached hydrogens (tertiary/aromatic N) is 2. The van der Waals surface area contributed by atoms with Crippen LogP contribution < -0.4 is 15.4 Å². The van der Waals surface area contributed by atoms with Crippen LogP contribution in [0.4, 0.5) is 11.5 Å². The van der Waals surface area contributed by atoms with Crippen LogP contribution in [0.2, 0.25) is 0 Å². The van der Waals surface area contributed by atoms with Gasteiger partial charge in [0.2, 0.25) is 0 Å². The van der Waals surface area contributed by atoms with Crippen molar-refractivity contribution >= 4 is 11.5 Å². The van der Waals surface area contributed by atoms with Crippen LogP contribution in [-0.2, 0) is 0 Å². The molecule has 0 aliphatic carbocycles. The quantitative estimate of drug-likeness (QED) is 0.856. The summed E-state index contributed by atoms with van der Waals surface area (Å²) in [6.07, 6.45) is 1.72. The van der Waals surface area contributed by atoms with E-state index in [9.17, 15) is 0 Å². The molecule has 100 valence electrons. The number of benzene rings is 1. The molecule has 2 N–H and O–H groups in total. The van der Waals surface area contributed by atoms with Gasteiger partial charge in [-0.3, -0.25) is 0 Å². The van der Waals surface area contributed by atoms with Gasteiger partial charge in [-0.25, -0.2) is 4.98 Å². The lowest BCUT2D eigenvalue weighted by Gasteiger charge is -2.26. The molecular weight excluding hydrogens is 238 g/mol. The molecule has 4 heteroatoms. The van der Waals surface area contributed by atoms with E-state index in [4.69, 9.17) is 10.5 Å². The monoisotopic (exact) mass is 257 g/mol. The Hall–Kier alpha value is -2.23. The number of hydrogen-bond acceptors (Lipinski definition) is 4. The average molecular weight is 257 g/mol. The summed E-state index contributed by atoms with van der Waals surface area (Å²) in [7, 11) is 3.65. The number of methoxy groups -OCH3 is 1. The molecule has 2 aromatic rings. The summed E-state index contributed by atoms with van der Waals surface area (Å²) in [6.45, 7) is 2.13. The molecule has 0 aliphatic rings. The van der Waals surface area contributed by atoms with Crippen molar-refractivity contribution in [3.05, 3.63) is 48.2 Å². The number of ether oxygens (including phenoxy) is 1. The fourth-order valence-electron chi connectivity index (χ4n) is 1.94. The zero-order valence-electron chi connectivity index (χ0n) is 11.5. The maximum atomic E-state index is 5.82. The predicted molar refractivity (Wildman–Crippen MR) is 78.5 cm³/mol. The second-order valence-electron chi connectivity index (χ2n) is 4.51. The van der Waals surface area contributed by atoms with Gasteiger partial charge in [0.25, 0.3) is 0 Å². The summed E-state index contributed by atoms with van der Waals surface area (Å²) in [5, 5.41) is 0. The van der Waals surface area contributed by atoms with E-state index >= 15 is 0 Å². The number of nitrogens with two attached hydrogens (primary N) is 1. The van der Waals surface area contributed by atoms with Gasteiger partial charge in [-0.1, -0.05) is 12.1 Å². The van der Waals surface area contributed by atoms with Crippen molar-refractivity contribution in [3.63, 3.8) is 0 Å². The van der Waals surface area contributed by atoms with Crippen LogP contribution in [0.3, 0.4) is 0 Å². The zero-order valence-corrected chi connectivity index (χ0v) is 11.5. The molecule has 1 atom stereocenters. The summed E-state index contributed by atoms with van der Waals surface area (Å²) in [5.74, 6) is 1.66. The third-order valence-electron chi connectivity index (χ3n) is 3.29. The Morgan fingerprint density at radius 1 is 1.26 bits per heavy atom. The Labute approximate surface area is 113 Å². The van der Waals surface area contributed by atoms with E-state index in [0.717, 1.165) is 17.3 Å². The number of rotatable bonds is 4. The third-order valence-corrected chi connectivity index (χ3v) is 3.29. The minimum atomic E-state index is 0.199. The van der Waals surface area contributed by atoms with Gasteiger partial charge in [-0.2, -0.15) is 0 Å². The molecule has 0 radical (unpaired) electrons. The van der Waals surface area contributed by atoms with Gasteiger partial charge in [0, 0.05) is 12.7 Å². The third kappa shape index (κ3) is 2.96. The van der Waals surface area contributed by atoms with E-state index in [2.05, 4.69) is 22.9 Å². The Bertz CT molecular complexity index is 539. The molecule has 0 amide bonds. The minimum Gasteiger partial charge on any atom is -0.495 e. The van der Waals surface area contributed by atoms with E-state index in [0.29, 0.717) is 0 Å². The van der Waals surface area contributed by atoms with E-state index in [-0.39, 0.29) is 6.04 Å². The topological polar surface area (TPSA) is 51.4 Å². The molecule has 0 aliphatic heterocycles. The predicted octanol–water partition coefficient (Wildman–Crippen LogP) is 2.87. The van der Waals surface area contributed by atoms with E-state index < -0.39 is 0 Å². The highest BCUT2D eigenvalue weighted by Crippen LogP contribution is 2.25. The lowest BCUT2D eigenvalue weighted by Crippen LogP contribution is -2.22. The molecule has 1 heterocycles. The summed E-state index contributed by atoms with van der Waals surface area (Å²) >= 11 is 0. The fraction of sp³-hybridized carbons (Fsp3) is 0.267. The van der Waals surface area contributed by atoms with Gasteiger partial charge in [0.1, 0.15) is 11.6 Å². The normalized spacial score (nSPS) is 11.9. The standard InChI is InChI=1S/C15H19N3O/c1-11(12-5-4-6-13(16)9-12)18(2)15-8-7-14(19-3)10-17-15/h4-11H,16H2,1-3H3. The first-order valence-corrected chi connectivity index (χ1v) is 6.20. The maximum absolute atomic E-state index is 5.82. The van der Waals surface area contributed by atoms with Gasteiger partial charge in [-0.15, -0.1) is 0 Å². The largest absolute Gasteiger partial charge is 0.495 e. The number of hydrogen-bond donors (Lipinski definition) is 1. The Morgan fingerprint density at radius 2 is 2.05 bits per heavy atom. The molecule has 0 saturated heterocycles. The van der Waals surface area contributed by atoms with Crippen molar-refractivity contribution in [1.29, 1.82) is 0 Å². The highest BCUT2D eigenvalue weighted by atomic mass is 16.5. The van der Waals surface area contributed by atoms with Crippen LogP contribution in [0.1, 0.15) is 18.5 Å². The minimum absolute atomic E-state index is 0.199. The van der Waals surface area contributed by atoms with Crippen LogP contribution in [0.15, 0.2) is 42.6 Å². The summed E-state index contributed by atoms with van der Waals surface area (Å²) in [4.78, 5) is 6.49. The molecule has 1 aromatic heterocycles. The first-order valence-electron chi connectivity index (χ1n) is 6.20. The summed E-state index contributed by atoms with van der Waals surface area (Å²) < 4.78 is 5.11. The number of pyridine rings is 1. The van der Waals surface area contributed by atoms with Gasteiger partial charge in [0.15, 0.2) is 0 Å². The van der Waals surface area contributed by atoms with Gasteiger partial charge in [-0.05, 0) is 36.8 Å². The number of nitrogen functional groups attached to an aromatic ring is 1. The maximum Gasteiger partial charge on any atom is 0.137 e. The van der Waals surface area contributed by atoms with Crippen LogP contribution in [0, 0.1) is 0 Å². The van der Waals surface area contributed by atoms with Crippen molar-refractivity contribution in [2.24, 2.45) is 0 Å². The zero-order chi connectivity index (χ0) is 13.8. The fourth-order valence-corrected chi connectivity index (χ4v) is 1.94. The van der Waals surface area contributed by atoms with Gasteiger partial charge >= 0.3 is 0 Å². The number of anilines is 2. The van der Waals surface area contributed by atoms with Gasteiger partial charge in [0.05, 0.1) is 19.3 Å². The lowest BCUT2D eigenvalue weighted by atomic mass is 10.1. The Balaban J connectivity index is 2.20. The van der Waals surface area contributed by atoms with E-state index in [1.165, 1.54) is 5.56 Å². The molecular formula is C15H19N3O. The van der Waals surface area contributed by atoms with E-state index in [1.54, 1.807) is 13.3 Å². The van der Waals surface area contributed by atoms with Crippen LogP contribution in [0.5, 0.6) is 5.75 Å². The Kier molecular flexibility index (Phi) is 3.90. The van der Waals surface area contributed by atoms with Crippen molar-refractivity contribution in [3.8, 4) is 5.75 Å². The van der Waals surface area contributed by atoms with E-state index in [1.807, 2.05) is 37.4 Å². The van der Waals surface area contributed by atoms with Crippen molar-refractivity contribution in [2.45, 2.75) is 13.0 Å². The Morgan fingerprint density at radius 3 is 2.63 bits per heavy atom. The SMILES string of the molecule is COc1ccc(N(C)C(C)c2cccc(N)c2)nc1. The summed E-state index contributed by atoms with van der Waals surface area (Å²) in [6, 6.07) is 12.0. The smallest absolute Gasteiger partial charge is 0.137 e. The highest BCUT2D eigenvalue weighted by molar-refractivity contribution is 5.46. The highest BCUT2D eigenvalue weighted by Gasteiger charge is 2.13. The molecule has 0 spiro atoms. The second-order valence-corrected chi connectivity index (χ2v) is 4.51. The average Bonchev–Trinajstić information content (AvgIpc) is 2.46. The molecule has 1 aromatic carbocycles. The molecule has 0 bridgehead atoms.